The molecular weight excluding hydrogens is 326 g/mol. The number of nitriles is 1. The van der Waals surface area contributed by atoms with Crippen molar-refractivity contribution in [1.29, 1.82) is 5.26 Å². The maximum absolute atomic E-state index is 12.4. The zero-order valence-electron chi connectivity index (χ0n) is 14.4. The van der Waals surface area contributed by atoms with Gasteiger partial charge in [0.2, 0.25) is 5.95 Å². The number of nitrogens with zero attached hydrogens (tertiary/aromatic N) is 3. The van der Waals surface area contributed by atoms with E-state index < -0.39 is 0 Å². The van der Waals surface area contributed by atoms with Gasteiger partial charge in [-0.15, -0.1) is 0 Å². The maximum atomic E-state index is 12.4. The zero-order chi connectivity index (χ0) is 18.5. The van der Waals surface area contributed by atoms with Crippen LogP contribution in [-0.2, 0) is 0 Å². The van der Waals surface area contributed by atoms with Crippen LogP contribution in [0.1, 0.15) is 27.2 Å². The monoisotopic (exact) mass is 343 g/mol. The Morgan fingerprint density at radius 3 is 2.73 bits per heavy atom. The molecule has 0 radical (unpaired) electrons. The summed E-state index contributed by atoms with van der Waals surface area (Å²) in [5.41, 5.74) is 4.39. The molecule has 26 heavy (non-hydrogen) atoms. The van der Waals surface area contributed by atoms with Crippen molar-refractivity contribution < 1.29 is 4.79 Å². The minimum atomic E-state index is -0.369. The first-order valence-corrected chi connectivity index (χ1v) is 8.04. The van der Waals surface area contributed by atoms with E-state index in [4.69, 9.17) is 5.26 Å². The molecule has 2 N–H and O–H groups in total. The Bertz CT molecular complexity index is 1010. The van der Waals surface area contributed by atoms with Gasteiger partial charge in [-0.1, -0.05) is 18.2 Å². The summed E-state index contributed by atoms with van der Waals surface area (Å²) in [7, 11) is 0. The molecule has 0 bridgehead atoms. The molecule has 6 heteroatoms. The average molecular weight is 343 g/mol. The molecule has 0 saturated heterocycles. The predicted octanol–water partition coefficient (Wildman–Crippen LogP) is 3.96. The molecule has 1 aromatic heterocycles. The third kappa shape index (κ3) is 3.84. The second-order valence-electron chi connectivity index (χ2n) is 5.78. The van der Waals surface area contributed by atoms with E-state index in [0.29, 0.717) is 17.2 Å². The van der Waals surface area contributed by atoms with Crippen LogP contribution in [0.25, 0.3) is 0 Å². The number of carbonyl (C=O) groups excluding carboxylic acids is 1. The van der Waals surface area contributed by atoms with Crippen molar-refractivity contribution >= 4 is 23.2 Å². The largest absolute Gasteiger partial charge is 0.324 e. The number of hydrogen-bond acceptors (Lipinski definition) is 5. The Morgan fingerprint density at radius 1 is 1.12 bits per heavy atom. The highest BCUT2D eigenvalue weighted by atomic mass is 16.1. The highest BCUT2D eigenvalue weighted by molar-refractivity contribution is 6.03. The van der Waals surface area contributed by atoms with Gasteiger partial charge < -0.3 is 10.6 Å². The molecule has 0 spiro atoms. The van der Waals surface area contributed by atoms with Crippen molar-refractivity contribution in [3.8, 4) is 6.07 Å². The van der Waals surface area contributed by atoms with E-state index in [9.17, 15) is 4.79 Å². The van der Waals surface area contributed by atoms with Gasteiger partial charge in [-0.05, 0) is 55.3 Å². The molecule has 0 unspecified atom stereocenters. The van der Waals surface area contributed by atoms with Crippen LogP contribution in [0.4, 0.5) is 17.3 Å². The second-order valence-corrected chi connectivity index (χ2v) is 5.78. The topological polar surface area (TPSA) is 90.7 Å². The lowest BCUT2D eigenvalue weighted by atomic mass is 10.1. The fraction of sp³-hybridized carbons (Fsp3) is 0.100. The summed E-state index contributed by atoms with van der Waals surface area (Å²) in [6, 6.07) is 16.2. The first-order chi connectivity index (χ1) is 12.6. The van der Waals surface area contributed by atoms with Gasteiger partial charge in [-0.3, -0.25) is 4.79 Å². The van der Waals surface area contributed by atoms with Gasteiger partial charge >= 0.3 is 0 Å². The third-order valence-corrected chi connectivity index (χ3v) is 3.99. The number of nitrogens with one attached hydrogen (secondary N) is 2. The van der Waals surface area contributed by atoms with Crippen LogP contribution in [0, 0.1) is 25.2 Å². The van der Waals surface area contributed by atoms with Crippen molar-refractivity contribution in [2.24, 2.45) is 0 Å². The van der Waals surface area contributed by atoms with Gasteiger partial charge in [0, 0.05) is 17.6 Å². The number of rotatable bonds is 4. The maximum Gasteiger partial charge on any atom is 0.274 e. The first-order valence-electron chi connectivity index (χ1n) is 8.04. The van der Waals surface area contributed by atoms with Crippen molar-refractivity contribution in [2.45, 2.75) is 13.8 Å². The van der Waals surface area contributed by atoms with Crippen LogP contribution < -0.4 is 10.6 Å². The molecule has 1 heterocycles. The number of carbonyl (C=O) groups is 1. The molecule has 0 fully saturated rings. The zero-order valence-corrected chi connectivity index (χ0v) is 14.4. The van der Waals surface area contributed by atoms with Gasteiger partial charge in [0.05, 0.1) is 11.6 Å². The molecule has 0 saturated carbocycles. The van der Waals surface area contributed by atoms with E-state index in [2.05, 4.69) is 20.6 Å². The Kier molecular flexibility index (Phi) is 4.90. The predicted molar refractivity (Wildman–Crippen MR) is 100 cm³/mol. The number of hydrogen-bond donors (Lipinski definition) is 2. The minimum absolute atomic E-state index is 0.232. The molecule has 0 aliphatic heterocycles. The van der Waals surface area contributed by atoms with E-state index in [1.807, 2.05) is 38.1 Å². The lowest BCUT2D eigenvalue weighted by Gasteiger charge is -2.11. The van der Waals surface area contributed by atoms with Gasteiger partial charge in [0.1, 0.15) is 5.69 Å². The Balaban J connectivity index is 1.79. The molecular formula is C20H17N5O. The average Bonchev–Trinajstić information content (AvgIpc) is 2.66. The van der Waals surface area contributed by atoms with E-state index >= 15 is 0 Å². The number of benzene rings is 2. The first kappa shape index (κ1) is 17.1. The molecule has 6 nitrogen and oxygen atoms in total. The Labute approximate surface area is 151 Å². The summed E-state index contributed by atoms with van der Waals surface area (Å²) in [5, 5.41) is 14.8. The van der Waals surface area contributed by atoms with Crippen LogP contribution in [0.3, 0.4) is 0 Å². The van der Waals surface area contributed by atoms with Crippen molar-refractivity contribution in [2.75, 3.05) is 10.6 Å². The summed E-state index contributed by atoms with van der Waals surface area (Å²) >= 11 is 0. The van der Waals surface area contributed by atoms with Crippen LogP contribution in [-0.4, -0.2) is 15.9 Å². The van der Waals surface area contributed by atoms with Crippen LogP contribution in [0.5, 0.6) is 0 Å². The molecule has 0 aliphatic rings. The summed E-state index contributed by atoms with van der Waals surface area (Å²) in [5.74, 6) is -0.0244. The van der Waals surface area contributed by atoms with Gasteiger partial charge in [0.25, 0.3) is 5.91 Å². The highest BCUT2D eigenvalue weighted by Gasteiger charge is 2.10. The van der Waals surface area contributed by atoms with Crippen LogP contribution >= 0.6 is 0 Å². The summed E-state index contributed by atoms with van der Waals surface area (Å²) < 4.78 is 0. The van der Waals surface area contributed by atoms with Gasteiger partial charge in [0.15, 0.2) is 0 Å². The number of anilines is 3. The van der Waals surface area contributed by atoms with Crippen molar-refractivity contribution in [1.82, 2.24) is 9.97 Å². The number of aryl methyl sites for hydroxylation is 1. The van der Waals surface area contributed by atoms with Gasteiger partial charge in [-0.2, -0.15) is 5.26 Å². The fourth-order valence-electron chi connectivity index (χ4n) is 2.41. The molecule has 128 valence electrons. The fourth-order valence-corrected chi connectivity index (χ4v) is 2.41. The molecule has 1 amide bonds. The molecule has 0 aliphatic carbocycles. The van der Waals surface area contributed by atoms with Gasteiger partial charge in [-0.25, -0.2) is 9.97 Å². The quantitative estimate of drug-likeness (QED) is 0.748. The summed E-state index contributed by atoms with van der Waals surface area (Å²) in [4.78, 5) is 20.9. The molecule has 0 atom stereocenters. The lowest BCUT2D eigenvalue weighted by molar-refractivity contribution is 0.102. The Hall–Kier alpha value is -3.72. The SMILES string of the molecule is Cc1cccc(Nc2nccc(C(=O)Nc3cccc(C#N)c3)n2)c1C. The summed E-state index contributed by atoms with van der Waals surface area (Å²) in [6.45, 7) is 4.04. The normalized spacial score (nSPS) is 10.0. The second kappa shape index (κ2) is 7.45. The number of aromatic nitrogens is 2. The molecule has 3 rings (SSSR count). The van der Waals surface area contributed by atoms with E-state index in [1.165, 1.54) is 12.3 Å². The lowest BCUT2D eigenvalue weighted by Crippen LogP contribution is -2.15. The van der Waals surface area contributed by atoms with Crippen molar-refractivity contribution in [3.63, 3.8) is 0 Å². The van der Waals surface area contributed by atoms with Crippen LogP contribution in [0.2, 0.25) is 0 Å². The smallest absolute Gasteiger partial charge is 0.274 e. The number of amides is 1. The van der Waals surface area contributed by atoms with E-state index in [1.54, 1.807) is 24.3 Å². The molecule has 2 aromatic carbocycles. The van der Waals surface area contributed by atoms with E-state index in [0.717, 1.165) is 16.8 Å². The van der Waals surface area contributed by atoms with E-state index in [-0.39, 0.29) is 11.6 Å². The standard InChI is InChI=1S/C20H17N5O/c1-13-5-3-8-17(14(13)2)24-20-22-10-9-18(25-20)19(26)23-16-7-4-6-15(11-16)12-21/h3-11H,1-2H3,(H,23,26)(H,22,24,25). The minimum Gasteiger partial charge on any atom is -0.324 e. The highest BCUT2D eigenvalue weighted by Crippen LogP contribution is 2.21. The summed E-state index contributed by atoms with van der Waals surface area (Å²) in [6.07, 6.45) is 1.53. The van der Waals surface area contributed by atoms with Crippen molar-refractivity contribution in [3.05, 3.63) is 77.1 Å². The third-order valence-electron chi connectivity index (χ3n) is 3.99. The molecule has 3 aromatic rings. The Morgan fingerprint density at radius 2 is 1.92 bits per heavy atom. The van der Waals surface area contributed by atoms with Crippen LogP contribution in [0.15, 0.2) is 54.7 Å².